The van der Waals surface area contributed by atoms with E-state index in [9.17, 15) is 4.79 Å². The normalized spacial score (nSPS) is 14.1. The average Bonchev–Trinajstić information content (AvgIpc) is 3.31. The molecule has 1 aromatic carbocycles. The number of halogens is 1. The van der Waals surface area contributed by atoms with E-state index in [-0.39, 0.29) is 12.5 Å². The Morgan fingerprint density at radius 2 is 2.06 bits per heavy atom. The minimum atomic E-state index is -0.295. The second kappa shape index (κ2) is 11.5. The standard InChI is InChI=1S/C23H27ClN8O2S/c1-3-5-18-26-21(29-22(27-18)32-10-8-31(9-11-32)12-13-33)30-23-25-14-17(35-23)20(34)28-19-15(2)6-4-7-16(19)24/h3-4,6-7,14,33H,1,5,8-13H2,2H3,(H,28,34)(H,25,26,27,29,30). The zero-order valence-corrected chi connectivity index (χ0v) is 20.9. The van der Waals surface area contributed by atoms with Crippen LogP contribution in [0, 0.1) is 6.92 Å². The van der Waals surface area contributed by atoms with Crippen molar-refractivity contribution in [2.75, 3.05) is 54.9 Å². The number of benzene rings is 1. The van der Waals surface area contributed by atoms with Crippen molar-refractivity contribution in [3.05, 3.63) is 58.3 Å². The first kappa shape index (κ1) is 25.0. The molecule has 0 unspecified atom stereocenters. The summed E-state index contributed by atoms with van der Waals surface area (Å²) in [6.45, 7) is 9.62. The Bertz CT molecular complexity index is 1180. The molecular weight excluding hydrogens is 488 g/mol. The second-order valence-electron chi connectivity index (χ2n) is 7.96. The Morgan fingerprint density at radius 3 is 2.77 bits per heavy atom. The molecule has 1 fully saturated rings. The van der Waals surface area contributed by atoms with Crippen molar-refractivity contribution in [2.24, 2.45) is 0 Å². The first-order valence-corrected chi connectivity index (χ1v) is 12.4. The van der Waals surface area contributed by atoms with Crippen LogP contribution in [0.5, 0.6) is 0 Å². The maximum absolute atomic E-state index is 12.8. The highest BCUT2D eigenvalue weighted by Crippen LogP contribution is 2.28. The molecule has 1 amide bonds. The molecule has 184 valence electrons. The first-order valence-electron chi connectivity index (χ1n) is 11.2. The maximum Gasteiger partial charge on any atom is 0.267 e. The van der Waals surface area contributed by atoms with Crippen LogP contribution in [0.15, 0.2) is 37.1 Å². The molecule has 3 N–H and O–H groups in total. The minimum absolute atomic E-state index is 0.148. The predicted molar refractivity (Wildman–Crippen MR) is 139 cm³/mol. The summed E-state index contributed by atoms with van der Waals surface area (Å²) in [5, 5.41) is 16.1. The topological polar surface area (TPSA) is 119 Å². The zero-order chi connectivity index (χ0) is 24.8. The lowest BCUT2D eigenvalue weighted by molar-refractivity contribution is 0.103. The van der Waals surface area contributed by atoms with Crippen LogP contribution in [0.4, 0.5) is 22.7 Å². The van der Waals surface area contributed by atoms with Crippen molar-refractivity contribution in [1.29, 1.82) is 0 Å². The molecule has 3 heterocycles. The van der Waals surface area contributed by atoms with E-state index in [4.69, 9.17) is 16.7 Å². The number of aliphatic hydroxyl groups is 1. The van der Waals surface area contributed by atoms with E-state index in [2.05, 4.69) is 46.9 Å². The number of anilines is 4. The SMILES string of the molecule is C=CCc1nc(Nc2ncc(C(=O)Nc3c(C)cccc3Cl)s2)nc(N2CCN(CCO)CC2)n1. The van der Waals surface area contributed by atoms with Gasteiger partial charge in [-0.2, -0.15) is 15.0 Å². The number of carbonyl (C=O) groups excluding carboxylic acids is 1. The van der Waals surface area contributed by atoms with Gasteiger partial charge in [-0.25, -0.2) is 4.98 Å². The second-order valence-corrected chi connectivity index (χ2v) is 9.40. The fourth-order valence-corrected chi connectivity index (χ4v) is 4.61. The maximum atomic E-state index is 12.8. The van der Waals surface area contributed by atoms with E-state index in [0.717, 1.165) is 31.7 Å². The number of hydrogen-bond acceptors (Lipinski definition) is 10. The Labute approximate surface area is 212 Å². The number of allylic oxidation sites excluding steroid dienone is 1. The molecule has 0 radical (unpaired) electrons. The van der Waals surface area contributed by atoms with Gasteiger partial charge in [0.15, 0.2) is 5.13 Å². The van der Waals surface area contributed by atoms with Crippen LogP contribution in [0.25, 0.3) is 0 Å². The third kappa shape index (κ3) is 6.31. The monoisotopic (exact) mass is 514 g/mol. The van der Waals surface area contributed by atoms with Crippen LogP contribution in [-0.2, 0) is 6.42 Å². The number of piperazine rings is 1. The third-order valence-corrected chi connectivity index (χ3v) is 6.70. The number of aryl methyl sites for hydroxylation is 1. The first-order chi connectivity index (χ1) is 17.0. The Morgan fingerprint density at radius 1 is 1.26 bits per heavy atom. The van der Waals surface area contributed by atoms with Gasteiger partial charge in [0, 0.05) is 39.1 Å². The number of hydrogen-bond donors (Lipinski definition) is 3. The van der Waals surface area contributed by atoms with Crippen molar-refractivity contribution in [3.63, 3.8) is 0 Å². The highest BCUT2D eigenvalue weighted by atomic mass is 35.5. The minimum Gasteiger partial charge on any atom is -0.395 e. The van der Waals surface area contributed by atoms with Gasteiger partial charge in [-0.3, -0.25) is 15.0 Å². The molecule has 35 heavy (non-hydrogen) atoms. The van der Waals surface area contributed by atoms with E-state index < -0.39 is 0 Å². The lowest BCUT2D eigenvalue weighted by Crippen LogP contribution is -2.47. The highest BCUT2D eigenvalue weighted by molar-refractivity contribution is 7.17. The lowest BCUT2D eigenvalue weighted by Gasteiger charge is -2.34. The number of nitrogens with zero attached hydrogens (tertiary/aromatic N) is 6. The van der Waals surface area contributed by atoms with Gasteiger partial charge in [0.1, 0.15) is 10.7 Å². The molecule has 0 atom stereocenters. The molecule has 0 aliphatic carbocycles. The number of rotatable bonds is 9. The van der Waals surface area contributed by atoms with Crippen molar-refractivity contribution < 1.29 is 9.90 Å². The zero-order valence-electron chi connectivity index (χ0n) is 19.4. The van der Waals surface area contributed by atoms with Crippen molar-refractivity contribution >= 4 is 51.6 Å². The van der Waals surface area contributed by atoms with Gasteiger partial charge in [0.05, 0.1) is 23.5 Å². The molecule has 0 bridgehead atoms. The fourth-order valence-electron chi connectivity index (χ4n) is 3.64. The molecule has 2 aromatic heterocycles. The van der Waals surface area contributed by atoms with E-state index >= 15 is 0 Å². The summed E-state index contributed by atoms with van der Waals surface area (Å²) < 4.78 is 0. The average molecular weight is 515 g/mol. The van der Waals surface area contributed by atoms with Gasteiger partial charge in [-0.05, 0) is 18.6 Å². The number of carbonyl (C=O) groups is 1. The van der Waals surface area contributed by atoms with Gasteiger partial charge >= 0.3 is 0 Å². The highest BCUT2D eigenvalue weighted by Gasteiger charge is 2.21. The summed E-state index contributed by atoms with van der Waals surface area (Å²) in [5.74, 6) is 1.23. The number of para-hydroxylation sites is 1. The largest absolute Gasteiger partial charge is 0.395 e. The van der Waals surface area contributed by atoms with Crippen molar-refractivity contribution in [2.45, 2.75) is 13.3 Å². The number of thiazole rings is 1. The smallest absolute Gasteiger partial charge is 0.267 e. The number of aliphatic hydroxyl groups excluding tert-OH is 1. The molecule has 1 saturated heterocycles. The Hall–Kier alpha value is -3.12. The van der Waals surface area contributed by atoms with Gasteiger partial charge in [0.2, 0.25) is 11.9 Å². The predicted octanol–water partition coefficient (Wildman–Crippen LogP) is 3.13. The van der Waals surface area contributed by atoms with Gasteiger partial charge in [-0.1, -0.05) is 41.1 Å². The number of aromatic nitrogens is 4. The number of nitrogens with one attached hydrogen (secondary N) is 2. The fraction of sp³-hybridized carbons (Fsp3) is 0.348. The van der Waals surface area contributed by atoms with E-state index in [0.29, 0.717) is 51.4 Å². The van der Waals surface area contributed by atoms with Gasteiger partial charge < -0.3 is 15.3 Å². The van der Waals surface area contributed by atoms with Gasteiger partial charge in [0.25, 0.3) is 5.91 Å². The van der Waals surface area contributed by atoms with E-state index in [1.54, 1.807) is 12.1 Å². The summed E-state index contributed by atoms with van der Waals surface area (Å²) in [6.07, 6.45) is 3.74. The summed E-state index contributed by atoms with van der Waals surface area (Å²) >= 11 is 7.42. The number of β-amino-alcohol motifs (C(OH)–C–C–N with tert-alkyl or cyclic N) is 1. The van der Waals surface area contributed by atoms with Crippen LogP contribution in [0.1, 0.15) is 21.1 Å². The molecule has 1 aliphatic heterocycles. The summed E-state index contributed by atoms with van der Waals surface area (Å²) in [4.78, 5) is 35.4. The molecular formula is C23H27ClN8O2S. The van der Waals surface area contributed by atoms with Gasteiger partial charge in [-0.15, -0.1) is 6.58 Å². The van der Waals surface area contributed by atoms with Crippen LogP contribution >= 0.6 is 22.9 Å². The van der Waals surface area contributed by atoms with E-state index in [1.165, 1.54) is 17.5 Å². The summed E-state index contributed by atoms with van der Waals surface area (Å²) in [6, 6.07) is 5.45. The Balaban J connectivity index is 1.48. The van der Waals surface area contributed by atoms with Crippen molar-refractivity contribution in [3.8, 4) is 0 Å². The van der Waals surface area contributed by atoms with Crippen LogP contribution < -0.4 is 15.5 Å². The Kier molecular flexibility index (Phi) is 8.24. The molecule has 0 saturated carbocycles. The molecule has 10 nitrogen and oxygen atoms in total. The molecule has 3 aromatic rings. The summed E-state index contributed by atoms with van der Waals surface area (Å²) in [7, 11) is 0. The van der Waals surface area contributed by atoms with Crippen LogP contribution in [-0.4, -0.2) is 75.2 Å². The molecule has 4 rings (SSSR count). The quantitative estimate of drug-likeness (QED) is 0.370. The lowest BCUT2D eigenvalue weighted by atomic mass is 10.2. The van der Waals surface area contributed by atoms with Crippen LogP contribution in [0.2, 0.25) is 5.02 Å². The molecule has 12 heteroatoms. The van der Waals surface area contributed by atoms with Crippen molar-refractivity contribution in [1.82, 2.24) is 24.8 Å². The molecule has 1 aliphatic rings. The summed E-state index contributed by atoms with van der Waals surface area (Å²) in [5.41, 5.74) is 1.45. The molecule has 0 spiro atoms. The van der Waals surface area contributed by atoms with E-state index in [1.807, 2.05) is 19.1 Å². The van der Waals surface area contributed by atoms with Crippen LogP contribution in [0.3, 0.4) is 0 Å². The number of amides is 1. The third-order valence-electron chi connectivity index (χ3n) is 5.48.